The minimum Gasteiger partial charge on any atom is -0.378 e. The van der Waals surface area contributed by atoms with E-state index in [-0.39, 0.29) is 23.5 Å². The molecule has 0 N–H and O–H groups in total. The highest BCUT2D eigenvalue weighted by atomic mass is 16.6. The van der Waals surface area contributed by atoms with Gasteiger partial charge in [0.15, 0.2) is 0 Å². The van der Waals surface area contributed by atoms with Gasteiger partial charge in [-0.2, -0.15) is 0 Å². The molecule has 6 nitrogen and oxygen atoms in total. The quantitative estimate of drug-likeness (QED) is 0.811. The second-order valence-electron chi connectivity index (χ2n) is 7.58. The Labute approximate surface area is 154 Å². The number of anilines is 1. The van der Waals surface area contributed by atoms with Crippen molar-refractivity contribution in [2.45, 2.75) is 44.8 Å². The third kappa shape index (κ3) is 3.01. The van der Waals surface area contributed by atoms with Crippen LogP contribution in [0.4, 0.5) is 5.69 Å². The van der Waals surface area contributed by atoms with Gasteiger partial charge in [-0.1, -0.05) is 6.92 Å². The molecule has 0 radical (unpaired) electrons. The fourth-order valence-corrected chi connectivity index (χ4v) is 4.30. The normalized spacial score (nSPS) is 27.8. The first-order chi connectivity index (χ1) is 12.5. The van der Waals surface area contributed by atoms with E-state index >= 15 is 0 Å². The molecular weight excluding hydrogens is 332 g/mol. The van der Waals surface area contributed by atoms with E-state index in [2.05, 4.69) is 6.92 Å². The zero-order chi connectivity index (χ0) is 18.3. The predicted octanol–water partition coefficient (Wildman–Crippen LogP) is 2.01. The van der Waals surface area contributed by atoms with Gasteiger partial charge >= 0.3 is 0 Å². The summed E-state index contributed by atoms with van der Waals surface area (Å²) in [7, 11) is 0. The first-order valence-electron chi connectivity index (χ1n) is 9.47. The molecule has 26 heavy (non-hydrogen) atoms. The van der Waals surface area contributed by atoms with Crippen LogP contribution in [0.3, 0.4) is 0 Å². The Hall–Kier alpha value is -1.92. The molecule has 3 aliphatic heterocycles. The van der Waals surface area contributed by atoms with Crippen molar-refractivity contribution >= 4 is 17.5 Å². The molecule has 2 saturated heterocycles. The Kier molecular flexibility index (Phi) is 4.49. The number of nitrogens with zero attached hydrogens (tertiary/aromatic N) is 2. The molecule has 2 unspecified atom stereocenters. The highest BCUT2D eigenvalue weighted by molar-refractivity contribution is 5.98. The average Bonchev–Trinajstić information content (AvgIpc) is 3.27. The SMILES string of the molecule is CCC1CN(C(=O)c2ccc3c(c2)CCN3C(C)=O)CC2(CCOC2)O1. The molecule has 6 heteroatoms. The predicted molar refractivity (Wildman–Crippen MR) is 97.4 cm³/mol. The molecule has 1 aromatic carbocycles. The molecule has 2 amide bonds. The highest BCUT2D eigenvalue weighted by Crippen LogP contribution is 2.33. The largest absolute Gasteiger partial charge is 0.378 e. The van der Waals surface area contributed by atoms with E-state index in [0.29, 0.717) is 38.4 Å². The number of ether oxygens (including phenoxy) is 2. The number of rotatable bonds is 2. The van der Waals surface area contributed by atoms with Crippen LogP contribution < -0.4 is 4.90 Å². The molecule has 3 aliphatic rings. The standard InChI is InChI=1S/C20H26N2O4/c1-3-17-11-21(12-20(26-17)7-9-25-13-20)19(24)16-4-5-18-15(10-16)6-8-22(18)14(2)23/h4-5,10,17H,3,6-9,11-13H2,1-2H3. The van der Waals surface area contributed by atoms with Gasteiger partial charge in [0.05, 0.1) is 19.3 Å². The zero-order valence-electron chi connectivity index (χ0n) is 15.5. The van der Waals surface area contributed by atoms with Crippen LogP contribution in [0.15, 0.2) is 18.2 Å². The lowest BCUT2D eigenvalue weighted by molar-refractivity contribution is -0.145. The zero-order valence-corrected chi connectivity index (χ0v) is 15.5. The Morgan fingerprint density at radius 3 is 2.88 bits per heavy atom. The van der Waals surface area contributed by atoms with E-state index in [1.165, 1.54) is 0 Å². The summed E-state index contributed by atoms with van der Waals surface area (Å²) in [6, 6.07) is 5.70. The van der Waals surface area contributed by atoms with E-state index in [0.717, 1.165) is 30.5 Å². The Bertz CT molecular complexity index is 727. The fourth-order valence-electron chi connectivity index (χ4n) is 4.30. The molecule has 0 aliphatic carbocycles. The number of carbonyl (C=O) groups is 2. The maximum Gasteiger partial charge on any atom is 0.254 e. The smallest absolute Gasteiger partial charge is 0.254 e. The van der Waals surface area contributed by atoms with Gasteiger partial charge in [-0.15, -0.1) is 0 Å². The summed E-state index contributed by atoms with van der Waals surface area (Å²) < 4.78 is 11.8. The molecule has 0 saturated carbocycles. The summed E-state index contributed by atoms with van der Waals surface area (Å²) >= 11 is 0. The lowest BCUT2D eigenvalue weighted by Gasteiger charge is -2.43. The van der Waals surface area contributed by atoms with Gasteiger partial charge in [0.1, 0.15) is 5.60 Å². The maximum atomic E-state index is 13.2. The summed E-state index contributed by atoms with van der Waals surface area (Å²) in [6.07, 6.45) is 2.57. The first kappa shape index (κ1) is 17.5. The van der Waals surface area contributed by atoms with Gasteiger partial charge in [0, 0.05) is 44.3 Å². The maximum absolute atomic E-state index is 13.2. The Morgan fingerprint density at radius 1 is 1.35 bits per heavy atom. The van der Waals surface area contributed by atoms with Gasteiger partial charge in [0.2, 0.25) is 5.91 Å². The monoisotopic (exact) mass is 358 g/mol. The van der Waals surface area contributed by atoms with E-state index in [1.54, 1.807) is 11.8 Å². The molecule has 3 heterocycles. The minimum atomic E-state index is -0.350. The lowest BCUT2D eigenvalue weighted by Crippen LogP contribution is -2.57. The van der Waals surface area contributed by atoms with E-state index < -0.39 is 0 Å². The van der Waals surface area contributed by atoms with Gasteiger partial charge in [-0.3, -0.25) is 9.59 Å². The Morgan fingerprint density at radius 2 is 2.19 bits per heavy atom. The second-order valence-corrected chi connectivity index (χ2v) is 7.58. The van der Waals surface area contributed by atoms with Crippen LogP contribution in [-0.4, -0.2) is 61.3 Å². The van der Waals surface area contributed by atoms with Gasteiger partial charge in [0.25, 0.3) is 5.91 Å². The van der Waals surface area contributed by atoms with E-state index in [1.807, 2.05) is 23.1 Å². The van der Waals surface area contributed by atoms with Crippen molar-refractivity contribution in [3.05, 3.63) is 29.3 Å². The van der Waals surface area contributed by atoms with Crippen LogP contribution in [0.25, 0.3) is 0 Å². The van der Waals surface area contributed by atoms with Crippen molar-refractivity contribution in [2.75, 3.05) is 37.7 Å². The summed E-state index contributed by atoms with van der Waals surface area (Å²) in [6.45, 7) is 6.82. The topological polar surface area (TPSA) is 59.1 Å². The molecule has 1 aromatic rings. The molecule has 2 fully saturated rings. The molecule has 1 spiro atoms. The van der Waals surface area contributed by atoms with Crippen LogP contribution in [0, 0.1) is 0 Å². The third-order valence-corrected chi connectivity index (χ3v) is 5.73. The van der Waals surface area contributed by atoms with Crippen molar-refractivity contribution < 1.29 is 19.1 Å². The number of hydrogen-bond donors (Lipinski definition) is 0. The van der Waals surface area contributed by atoms with Crippen molar-refractivity contribution in [2.24, 2.45) is 0 Å². The van der Waals surface area contributed by atoms with Crippen molar-refractivity contribution in [1.82, 2.24) is 4.90 Å². The van der Waals surface area contributed by atoms with Crippen LogP contribution in [0.2, 0.25) is 0 Å². The molecule has 140 valence electrons. The number of amides is 2. The summed E-state index contributed by atoms with van der Waals surface area (Å²) in [5.41, 5.74) is 2.35. The second kappa shape index (κ2) is 6.67. The summed E-state index contributed by atoms with van der Waals surface area (Å²) in [4.78, 5) is 28.6. The summed E-state index contributed by atoms with van der Waals surface area (Å²) in [5, 5.41) is 0. The van der Waals surface area contributed by atoms with Crippen LogP contribution >= 0.6 is 0 Å². The van der Waals surface area contributed by atoms with Crippen molar-refractivity contribution in [3.8, 4) is 0 Å². The first-order valence-corrected chi connectivity index (χ1v) is 9.47. The Balaban J connectivity index is 1.56. The number of fused-ring (bicyclic) bond motifs is 1. The molecule has 2 atom stereocenters. The molecular formula is C20H26N2O4. The number of hydrogen-bond acceptors (Lipinski definition) is 4. The number of carbonyl (C=O) groups excluding carboxylic acids is 2. The third-order valence-electron chi connectivity index (χ3n) is 5.73. The van der Waals surface area contributed by atoms with Gasteiger partial charge in [-0.05, 0) is 36.6 Å². The van der Waals surface area contributed by atoms with E-state index in [4.69, 9.17) is 9.47 Å². The molecule has 0 bridgehead atoms. The molecule has 0 aromatic heterocycles. The minimum absolute atomic E-state index is 0.0436. The van der Waals surface area contributed by atoms with Gasteiger partial charge in [-0.25, -0.2) is 0 Å². The van der Waals surface area contributed by atoms with Crippen LogP contribution in [-0.2, 0) is 20.7 Å². The number of benzene rings is 1. The summed E-state index contributed by atoms with van der Waals surface area (Å²) in [5.74, 6) is 0.0899. The number of morpholine rings is 1. The van der Waals surface area contributed by atoms with Gasteiger partial charge < -0.3 is 19.3 Å². The van der Waals surface area contributed by atoms with Crippen LogP contribution in [0.1, 0.15) is 42.6 Å². The highest BCUT2D eigenvalue weighted by Gasteiger charge is 2.44. The fraction of sp³-hybridized carbons (Fsp3) is 0.600. The van der Waals surface area contributed by atoms with Crippen molar-refractivity contribution in [3.63, 3.8) is 0 Å². The van der Waals surface area contributed by atoms with E-state index in [9.17, 15) is 9.59 Å². The van der Waals surface area contributed by atoms with Crippen LogP contribution in [0.5, 0.6) is 0 Å². The lowest BCUT2D eigenvalue weighted by atomic mass is 9.97. The van der Waals surface area contributed by atoms with Crippen molar-refractivity contribution in [1.29, 1.82) is 0 Å². The average molecular weight is 358 g/mol. The molecule has 4 rings (SSSR count).